The molecule has 0 aliphatic carbocycles. The summed E-state index contributed by atoms with van der Waals surface area (Å²) in [4.78, 5) is 15.0. The molecule has 1 aliphatic rings. The van der Waals surface area contributed by atoms with E-state index < -0.39 is 0 Å². The fraction of sp³-hybridized carbons (Fsp3) is 0.348. The minimum absolute atomic E-state index is 0.0452. The number of thioether (sulfide) groups is 1. The van der Waals surface area contributed by atoms with Gasteiger partial charge in [-0.3, -0.25) is 14.3 Å². The van der Waals surface area contributed by atoms with Gasteiger partial charge in [0.2, 0.25) is 5.91 Å². The van der Waals surface area contributed by atoms with Crippen LogP contribution in [0.5, 0.6) is 0 Å². The average Bonchev–Trinajstić information content (AvgIpc) is 3.43. The Bertz CT molecular complexity index is 1000. The highest BCUT2D eigenvalue weighted by molar-refractivity contribution is 7.99. The smallest absolute Gasteiger partial charge is 0.230 e. The summed E-state index contributed by atoms with van der Waals surface area (Å²) in [6, 6.07) is 17.5. The lowest BCUT2D eigenvalue weighted by molar-refractivity contribution is -0.119. The van der Waals surface area contributed by atoms with Gasteiger partial charge < -0.3 is 5.32 Å². The van der Waals surface area contributed by atoms with Crippen molar-refractivity contribution < 1.29 is 4.79 Å². The van der Waals surface area contributed by atoms with Gasteiger partial charge in [-0.2, -0.15) is 0 Å². The molecule has 2 heterocycles. The molecule has 1 unspecified atom stereocenters. The third-order valence-corrected chi connectivity index (χ3v) is 6.54. The minimum atomic E-state index is -0.0944. The number of carbonyl (C=O) groups is 1. The molecule has 0 bridgehead atoms. The molecular formula is C23H26ClN5OS. The Morgan fingerprint density at radius 3 is 2.52 bits per heavy atom. The fourth-order valence-electron chi connectivity index (χ4n) is 3.72. The Balaban J connectivity index is 1.44. The van der Waals surface area contributed by atoms with E-state index >= 15 is 0 Å². The first kappa shape index (κ1) is 21.9. The van der Waals surface area contributed by atoms with Gasteiger partial charge in [0.05, 0.1) is 18.3 Å². The van der Waals surface area contributed by atoms with Crippen LogP contribution in [0.4, 0.5) is 0 Å². The SMILES string of the molecule is CC(NC(=O)CSc1nnc(CN2CCCC2)n1-c1ccccc1)c1ccc(Cl)cc1. The maximum atomic E-state index is 12.6. The topological polar surface area (TPSA) is 63.1 Å². The highest BCUT2D eigenvalue weighted by Gasteiger charge is 2.20. The summed E-state index contributed by atoms with van der Waals surface area (Å²) in [7, 11) is 0. The van der Waals surface area contributed by atoms with Crippen molar-refractivity contribution in [3.05, 3.63) is 71.0 Å². The number of carbonyl (C=O) groups excluding carboxylic acids is 1. The quantitative estimate of drug-likeness (QED) is 0.507. The van der Waals surface area contributed by atoms with Crippen molar-refractivity contribution in [2.45, 2.75) is 37.5 Å². The molecule has 1 aliphatic heterocycles. The highest BCUT2D eigenvalue weighted by Crippen LogP contribution is 2.24. The molecule has 31 heavy (non-hydrogen) atoms. The summed E-state index contributed by atoms with van der Waals surface area (Å²) in [6.07, 6.45) is 2.46. The monoisotopic (exact) mass is 455 g/mol. The van der Waals surface area contributed by atoms with Crippen LogP contribution in [0.15, 0.2) is 59.8 Å². The van der Waals surface area contributed by atoms with E-state index in [4.69, 9.17) is 11.6 Å². The van der Waals surface area contributed by atoms with Crippen LogP contribution in [0.3, 0.4) is 0 Å². The van der Waals surface area contributed by atoms with Gasteiger partial charge in [-0.15, -0.1) is 10.2 Å². The Hall–Kier alpha value is -2.35. The number of para-hydroxylation sites is 1. The van der Waals surface area contributed by atoms with Gasteiger partial charge in [0.15, 0.2) is 11.0 Å². The van der Waals surface area contributed by atoms with Crippen LogP contribution < -0.4 is 5.32 Å². The van der Waals surface area contributed by atoms with E-state index in [9.17, 15) is 4.79 Å². The molecule has 0 spiro atoms. The number of rotatable bonds is 8. The first-order valence-electron chi connectivity index (χ1n) is 10.5. The van der Waals surface area contributed by atoms with E-state index in [1.165, 1.54) is 24.6 Å². The summed E-state index contributed by atoms with van der Waals surface area (Å²) in [6.45, 7) is 4.92. The molecule has 1 atom stereocenters. The van der Waals surface area contributed by atoms with Gasteiger partial charge in [-0.1, -0.05) is 53.7 Å². The maximum Gasteiger partial charge on any atom is 0.230 e. The molecule has 3 aromatic rings. The van der Waals surface area contributed by atoms with Gasteiger partial charge in [-0.25, -0.2) is 0 Å². The molecule has 0 radical (unpaired) electrons. The van der Waals surface area contributed by atoms with Crippen molar-refractivity contribution >= 4 is 29.3 Å². The molecule has 162 valence electrons. The van der Waals surface area contributed by atoms with E-state index in [0.717, 1.165) is 41.9 Å². The Labute approximate surface area is 192 Å². The van der Waals surface area contributed by atoms with E-state index in [1.54, 1.807) is 0 Å². The molecule has 1 aromatic heterocycles. The first-order valence-corrected chi connectivity index (χ1v) is 11.9. The van der Waals surface area contributed by atoms with E-state index in [0.29, 0.717) is 5.02 Å². The van der Waals surface area contributed by atoms with Crippen LogP contribution in [0.1, 0.15) is 37.2 Å². The molecule has 1 saturated heterocycles. The van der Waals surface area contributed by atoms with Gasteiger partial charge in [0, 0.05) is 10.7 Å². The molecular weight excluding hydrogens is 430 g/mol. The number of amides is 1. The second-order valence-electron chi connectivity index (χ2n) is 7.68. The van der Waals surface area contributed by atoms with Crippen molar-refractivity contribution in [3.8, 4) is 5.69 Å². The number of hydrogen-bond acceptors (Lipinski definition) is 5. The summed E-state index contributed by atoms with van der Waals surface area (Å²) in [5.74, 6) is 1.13. The number of halogens is 1. The predicted octanol–water partition coefficient (Wildman–Crippen LogP) is 4.49. The van der Waals surface area contributed by atoms with Crippen LogP contribution in [0.2, 0.25) is 5.02 Å². The van der Waals surface area contributed by atoms with Crippen molar-refractivity contribution in [2.24, 2.45) is 0 Å². The van der Waals surface area contributed by atoms with Crippen LogP contribution >= 0.6 is 23.4 Å². The van der Waals surface area contributed by atoms with Crippen LogP contribution in [-0.4, -0.2) is 44.4 Å². The second kappa shape index (κ2) is 10.3. The van der Waals surface area contributed by atoms with E-state index in [2.05, 4.69) is 25.0 Å². The largest absolute Gasteiger partial charge is 0.349 e. The van der Waals surface area contributed by atoms with E-state index in [-0.39, 0.29) is 17.7 Å². The Morgan fingerprint density at radius 2 is 1.81 bits per heavy atom. The molecule has 1 amide bonds. The highest BCUT2D eigenvalue weighted by atomic mass is 35.5. The van der Waals surface area contributed by atoms with Crippen molar-refractivity contribution in [1.82, 2.24) is 25.0 Å². The number of aromatic nitrogens is 3. The van der Waals surface area contributed by atoms with Crippen molar-refractivity contribution in [1.29, 1.82) is 0 Å². The standard InChI is InChI=1S/C23H26ClN5OS/c1-17(18-9-11-19(24)12-10-18)25-22(30)16-31-23-27-26-21(15-28-13-5-6-14-28)29(23)20-7-3-2-4-8-20/h2-4,7-12,17H,5-6,13-16H2,1H3,(H,25,30). The second-order valence-corrected chi connectivity index (χ2v) is 9.06. The van der Waals surface area contributed by atoms with Crippen LogP contribution in [0, 0.1) is 0 Å². The lowest BCUT2D eigenvalue weighted by Crippen LogP contribution is -2.28. The number of nitrogens with zero attached hydrogens (tertiary/aromatic N) is 4. The van der Waals surface area contributed by atoms with Crippen LogP contribution in [0.25, 0.3) is 5.69 Å². The number of nitrogens with one attached hydrogen (secondary N) is 1. The lowest BCUT2D eigenvalue weighted by Gasteiger charge is -2.16. The number of likely N-dealkylation sites (tertiary alicyclic amines) is 1. The molecule has 6 nitrogen and oxygen atoms in total. The minimum Gasteiger partial charge on any atom is -0.349 e. The normalized spacial score (nSPS) is 15.2. The van der Waals surface area contributed by atoms with Gasteiger partial charge in [0.1, 0.15) is 0 Å². The summed E-state index contributed by atoms with van der Waals surface area (Å²) in [5, 5.41) is 13.3. The Morgan fingerprint density at radius 1 is 1.10 bits per heavy atom. The van der Waals surface area contributed by atoms with Gasteiger partial charge >= 0.3 is 0 Å². The molecule has 8 heteroatoms. The summed E-state index contributed by atoms with van der Waals surface area (Å²) >= 11 is 7.36. The third kappa shape index (κ3) is 5.67. The zero-order valence-electron chi connectivity index (χ0n) is 17.5. The van der Waals surface area contributed by atoms with Crippen LogP contribution in [-0.2, 0) is 11.3 Å². The molecule has 0 saturated carbocycles. The number of benzene rings is 2. The number of hydrogen-bond donors (Lipinski definition) is 1. The molecule has 1 N–H and O–H groups in total. The Kier molecular flexibility index (Phi) is 7.27. The van der Waals surface area contributed by atoms with E-state index in [1.807, 2.05) is 61.5 Å². The summed E-state index contributed by atoms with van der Waals surface area (Å²) < 4.78 is 2.07. The van der Waals surface area contributed by atoms with Crippen molar-refractivity contribution in [2.75, 3.05) is 18.8 Å². The molecule has 2 aromatic carbocycles. The predicted molar refractivity (Wildman–Crippen MR) is 125 cm³/mol. The third-order valence-electron chi connectivity index (χ3n) is 5.36. The first-order chi connectivity index (χ1) is 15.1. The van der Waals surface area contributed by atoms with Gasteiger partial charge in [0.25, 0.3) is 0 Å². The van der Waals surface area contributed by atoms with Crippen molar-refractivity contribution in [3.63, 3.8) is 0 Å². The molecule has 4 rings (SSSR count). The summed E-state index contributed by atoms with van der Waals surface area (Å²) in [5.41, 5.74) is 2.03. The van der Waals surface area contributed by atoms with Gasteiger partial charge in [-0.05, 0) is 62.7 Å². The fourth-order valence-corrected chi connectivity index (χ4v) is 4.63. The zero-order chi connectivity index (χ0) is 21.6. The average molecular weight is 456 g/mol. The molecule has 1 fully saturated rings. The maximum absolute atomic E-state index is 12.6. The zero-order valence-corrected chi connectivity index (χ0v) is 19.1. The lowest BCUT2D eigenvalue weighted by atomic mass is 10.1.